The first-order valence-corrected chi connectivity index (χ1v) is 11.0. The van der Waals surface area contributed by atoms with Gasteiger partial charge in [0.15, 0.2) is 0 Å². The lowest BCUT2D eigenvalue weighted by molar-refractivity contribution is 0.381. The second kappa shape index (κ2) is 11.0. The maximum absolute atomic E-state index is 12.2. The molecular formula is C25H33N7O2. The molecule has 0 aliphatic carbocycles. The van der Waals surface area contributed by atoms with Crippen molar-refractivity contribution in [3.05, 3.63) is 81.2 Å². The Bertz CT molecular complexity index is 1270. The summed E-state index contributed by atoms with van der Waals surface area (Å²) in [7, 11) is 5.79. The minimum atomic E-state index is -0.253. The molecule has 0 saturated carbocycles. The maximum Gasteiger partial charge on any atom is 0.250 e. The Balaban J connectivity index is 0.00000432. The molecule has 0 spiro atoms. The molecule has 9 heteroatoms. The van der Waals surface area contributed by atoms with E-state index in [9.17, 15) is 4.79 Å². The zero-order chi connectivity index (χ0) is 24.8. The highest BCUT2D eigenvalue weighted by Crippen LogP contribution is 2.18. The van der Waals surface area contributed by atoms with Gasteiger partial charge >= 0.3 is 0 Å². The fourth-order valence-corrected chi connectivity index (χ4v) is 3.47. The quantitative estimate of drug-likeness (QED) is 0.349. The van der Waals surface area contributed by atoms with Gasteiger partial charge < -0.3 is 19.5 Å². The number of rotatable bonds is 8. The summed E-state index contributed by atoms with van der Waals surface area (Å²) in [5, 5.41) is 19.9. The van der Waals surface area contributed by atoms with Gasteiger partial charge in [0.1, 0.15) is 5.69 Å². The van der Waals surface area contributed by atoms with E-state index < -0.39 is 0 Å². The third-order valence-corrected chi connectivity index (χ3v) is 5.36. The van der Waals surface area contributed by atoms with Gasteiger partial charge in [0, 0.05) is 44.5 Å². The standard InChI is InChI=1S/C25H31N7O2.H2/c1-16-12-18(13-28-3)6-8-20(16)24(26)34-25(27)23-17(2)29-14-21(30-23)19-7-9-22(33)32(15-19)11-10-31(4)5;/h6-9,12,14-15,26-28H,10-11,13H2,1-5H3;1H. The molecule has 180 valence electrons. The molecule has 0 aliphatic heterocycles. The van der Waals surface area contributed by atoms with Crippen molar-refractivity contribution in [2.24, 2.45) is 0 Å². The molecule has 3 rings (SSSR count). The van der Waals surface area contributed by atoms with Crippen molar-refractivity contribution < 1.29 is 6.16 Å². The Kier molecular flexibility index (Phi) is 8.04. The van der Waals surface area contributed by atoms with Crippen molar-refractivity contribution >= 4 is 11.8 Å². The normalized spacial score (nSPS) is 11.0. The van der Waals surface area contributed by atoms with Crippen LogP contribution in [0.5, 0.6) is 0 Å². The van der Waals surface area contributed by atoms with Gasteiger partial charge in [-0.1, -0.05) is 12.1 Å². The molecule has 0 fully saturated rings. The Hall–Kier alpha value is -3.69. The van der Waals surface area contributed by atoms with Gasteiger partial charge in [0.25, 0.3) is 5.56 Å². The van der Waals surface area contributed by atoms with Crippen molar-refractivity contribution in [3.63, 3.8) is 0 Å². The van der Waals surface area contributed by atoms with Crippen molar-refractivity contribution in [1.82, 2.24) is 24.8 Å². The van der Waals surface area contributed by atoms with Crippen LogP contribution in [0, 0.1) is 24.7 Å². The average molecular weight is 464 g/mol. The van der Waals surface area contributed by atoms with Crippen molar-refractivity contribution in [3.8, 4) is 11.3 Å². The van der Waals surface area contributed by atoms with Crippen LogP contribution >= 0.6 is 0 Å². The monoisotopic (exact) mass is 463 g/mol. The smallest absolute Gasteiger partial charge is 0.250 e. The lowest BCUT2D eigenvalue weighted by atomic mass is 10.0. The lowest BCUT2D eigenvalue weighted by Crippen LogP contribution is -2.25. The Morgan fingerprint density at radius 1 is 1.18 bits per heavy atom. The summed E-state index contributed by atoms with van der Waals surface area (Å²) in [6.07, 6.45) is 3.36. The van der Waals surface area contributed by atoms with E-state index in [1.54, 1.807) is 30.0 Å². The zero-order valence-corrected chi connectivity index (χ0v) is 20.3. The van der Waals surface area contributed by atoms with E-state index in [-0.39, 0.29) is 24.5 Å². The summed E-state index contributed by atoms with van der Waals surface area (Å²) in [4.78, 5) is 23.2. The third-order valence-electron chi connectivity index (χ3n) is 5.36. The average Bonchev–Trinajstić information content (AvgIpc) is 2.79. The molecule has 0 radical (unpaired) electrons. The molecule has 0 saturated heterocycles. The molecule has 2 heterocycles. The molecule has 9 nitrogen and oxygen atoms in total. The summed E-state index contributed by atoms with van der Waals surface area (Å²) in [6, 6.07) is 8.94. The number of ether oxygens (including phenoxy) is 1. The largest absolute Gasteiger partial charge is 0.419 e. The van der Waals surface area contributed by atoms with E-state index in [0.717, 1.165) is 24.2 Å². The van der Waals surface area contributed by atoms with Crippen molar-refractivity contribution in [2.75, 3.05) is 27.7 Å². The van der Waals surface area contributed by atoms with Gasteiger partial charge in [-0.25, -0.2) is 4.98 Å². The first-order valence-electron chi connectivity index (χ1n) is 11.0. The predicted molar refractivity (Wildman–Crippen MR) is 136 cm³/mol. The van der Waals surface area contributed by atoms with Gasteiger partial charge in [-0.15, -0.1) is 0 Å². The van der Waals surface area contributed by atoms with E-state index in [4.69, 9.17) is 15.6 Å². The number of hydrogen-bond donors (Lipinski definition) is 3. The van der Waals surface area contributed by atoms with Crippen LogP contribution in [-0.2, 0) is 17.8 Å². The molecule has 1 aromatic carbocycles. The Morgan fingerprint density at radius 2 is 1.94 bits per heavy atom. The number of pyridine rings is 1. The molecule has 0 unspecified atom stereocenters. The highest BCUT2D eigenvalue weighted by Gasteiger charge is 2.17. The van der Waals surface area contributed by atoms with E-state index in [1.165, 1.54) is 6.07 Å². The molecule has 0 bridgehead atoms. The third kappa shape index (κ3) is 6.00. The molecule has 0 atom stereocenters. The van der Waals surface area contributed by atoms with Crippen LogP contribution in [0.2, 0.25) is 0 Å². The van der Waals surface area contributed by atoms with E-state index >= 15 is 0 Å². The summed E-state index contributed by atoms with van der Waals surface area (Å²) in [6.45, 7) is 5.66. The second-order valence-electron chi connectivity index (χ2n) is 8.38. The molecule has 2 aromatic heterocycles. The number of hydrogen-bond acceptors (Lipinski definition) is 8. The minimum Gasteiger partial charge on any atom is -0.419 e. The minimum absolute atomic E-state index is 0. The molecular weight excluding hydrogens is 430 g/mol. The van der Waals surface area contributed by atoms with Crippen LogP contribution in [0.3, 0.4) is 0 Å². The molecule has 0 aliphatic rings. The summed E-state index contributed by atoms with van der Waals surface area (Å²) < 4.78 is 7.20. The van der Waals surface area contributed by atoms with E-state index in [1.807, 2.05) is 51.2 Å². The fourth-order valence-electron chi connectivity index (χ4n) is 3.47. The number of nitrogens with zero attached hydrogens (tertiary/aromatic N) is 4. The van der Waals surface area contributed by atoms with Gasteiger partial charge in [-0.05, 0) is 58.3 Å². The number of nitrogens with one attached hydrogen (secondary N) is 3. The number of likely N-dealkylation sites (N-methyl/N-ethyl adjacent to an activating group) is 1. The van der Waals surface area contributed by atoms with Gasteiger partial charge in [0.2, 0.25) is 11.8 Å². The molecule has 3 aromatic rings. The van der Waals surface area contributed by atoms with Crippen molar-refractivity contribution in [2.45, 2.75) is 26.9 Å². The van der Waals surface area contributed by atoms with Gasteiger partial charge in [0.05, 0.1) is 17.6 Å². The molecule has 34 heavy (non-hydrogen) atoms. The van der Waals surface area contributed by atoms with Crippen molar-refractivity contribution in [1.29, 1.82) is 10.8 Å². The first kappa shape index (κ1) is 24.9. The highest BCUT2D eigenvalue weighted by atomic mass is 16.5. The van der Waals surface area contributed by atoms with Gasteiger partial charge in [-0.3, -0.25) is 20.6 Å². The number of aromatic nitrogens is 3. The zero-order valence-electron chi connectivity index (χ0n) is 20.3. The van der Waals surface area contributed by atoms with Crippen LogP contribution in [0.25, 0.3) is 11.3 Å². The summed E-state index contributed by atoms with van der Waals surface area (Å²) >= 11 is 0. The first-order chi connectivity index (χ1) is 16.2. The van der Waals surface area contributed by atoms with E-state index in [2.05, 4.69) is 15.3 Å². The highest BCUT2D eigenvalue weighted by molar-refractivity contribution is 6.05. The van der Waals surface area contributed by atoms with Crippen LogP contribution in [0.15, 0.2) is 47.5 Å². The topological polar surface area (TPSA) is 120 Å². The van der Waals surface area contributed by atoms with E-state index in [0.29, 0.717) is 29.1 Å². The van der Waals surface area contributed by atoms with Crippen LogP contribution in [0.4, 0.5) is 0 Å². The number of aryl methyl sites for hydroxylation is 2. The lowest BCUT2D eigenvalue weighted by Gasteiger charge is -2.14. The van der Waals surface area contributed by atoms with Crippen LogP contribution in [-0.4, -0.2) is 58.9 Å². The Morgan fingerprint density at radius 3 is 2.62 bits per heavy atom. The number of benzene rings is 1. The molecule has 3 N–H and O–H groups in total. The van der Waals surface area contributed by atoms with Crippen LogP contribution < -0.4 is 10.9 Å². The van der Waals surface area contributed by atoms with Gasteiger partial charge in [-0.2, -0.15) is 0 Å². The predicted octanol–water partition coefficient (Wildman–Crippen LogP) is 2.82. The van der Waals surface area contributed by atoms with Crippen LogP contribution in [0.1, 0.15) is 29.5 Å². The SMILES string of the molecule is CNCc1ccc(C(=N)OC(=N)c2nc(-c3ccc(=O)n(CCN(C)C)c3)cnc2C)c(C)c1.[HH]. The maximum atomic E-state index is 12.2. The Labute approximate surface area is 201 Å². The molecule has 0 amide bonds. The fraction of sp³-hybridized carbons (Fsp3) is 0.320. The summed E-state index contributed by atoms with van der Waals surface area (Å²) in [5.41, 5.74) is 4.51. The summed E-state index contributed by atoms with van der Waals surface area (Å²) in [5.74, 6) is -0.376. The second-order valence-corrected chi connectivity index (χ2v) is 8.38.